The second kappa shape index (κ2) is 12.2. The van der Waals surface area contributed by atoms with Crippen LogP contribution in [-0.2, 0) is 19.2 Å². The van der Waals surface area contributed by atoms with Crippen LogP contribution in [-0.4, -0.2) is 85.3 Å². The number of carbonyl (C=O) groups is 4. The maximum atomic E-state index is 11.7. The van der Waals surface area contributed by atoms with Crippen molar-refractivity contribution in [2.75, 3.05) is 19.6 Å². The molecule has 0 saturated carbocycles. The monoisotopic (exact) mass is 485 g/mol. The summed E-state index contributed by atoms with van der Waals surface area (Å²) in [5, 5.41) is 43.4. The number of carboxylic acids is 4. The minimum absolute atomic E-state index is 0.488. The first-order chi connectivity index (χ1) is 15.8. The highest BCUT2D eigenvalue weighted by Crippen LogP contribution is 2.42. The second-order valence-electron chi connectivity index (χ2n) is 7.85. The number of rotatable bonds is 12. The van der Waals surface area contributed by atoms with E-state index < -0.39 is 54.0 Å². The number of carboxylic acid groups (broad SMARTS) is 4. The molecular formula is C22H31NO11. The lowest BCUT2D eigenvalue weighted by Gasteiger charge is -2.31. The van der Waals surface area contributed by atoms with Crippen molar-refractivity contribution < 1.29 is 54.2 Å². The lowest BCUT2D eigenvalue weighted by molar-refractivity contribution is -0.170. The normalized spacial score (nSPS) is 14.6. The van der Waals surface area contributed by atoms with Crippen LogP contribution in [0.15, 0.2) is 24.3 Å². The zero-order valence-electron chi connectivity index (χ0n) is 19.3. The van der Waals surface area contributed by atoms with E-state index in [1.807, 2.05) is 12.1 Å². The van der Waals surface area contributed by atoms with Crippen LogP contribution < -0.4 is 9.47 Å². The van der Waals surface area contributed by atoms with Gasteiger partial charge < -0.3 is 39.9 Å². The Morgan fingerprint density at radius 1 is 0.941 bits per heavy atom. The lowest BCUT2D eigenvalue weighted by Crippen LogP contribution is -2.48. The number of para-hydroxylation sites is 2. The van der Waals surface area contributed by atoms with E-state index in [4.69, 9.17) is 29.9 Å². The Bertz CT molecular complexity index is 840. The van der Waals surface area contributed by atoms with Gasteiger partial charge in [-0.1, -0.05) is 26.0 Å². The van der Waals surface area contributed by atoms with Gasteiger partial charge in [0, 0.05) is 6.92 Å². The first-order valence-electron chi connectivity index (χ1n) is 10.6. The molecule has 34 heavy (non-hydrogen) atoms. The number of fused-ring (bicyclic) bond motifs is 1. The highest BCUT2D eigenvalue weighted by Gasteiger charge is 2.48. The molecule has 1 aromatic carbocycles. The molecule has 0 spiro atoms. The fourth-order valence-corrected chi connectivity index (χ4v) is 3.39. The van der Waals surface area contributed by atoms with Gasteiger partial charge >= 0.3 is 23.9 Å². The minimum Gasteiger partial charge on any atom is -0.481 e. The van der Waals surface area contributed by atoms with Crippen LogP contribution in [0, 0.1) is 5.92 Å². The van der Waals surface area contributed by atoms with Crippen molar-refractivity contribution in [3.05, 3.63) is 24.3 Å². The Morgan fingerprint density at radius 3 is 1.71 bits per heavy atom. The Balaban J connectivity index is 0.000000385. The predicted molar refractivity (Wildman–Crippen MR) is 117 cm³/mol. The first-order valence-corrected chi connectivity index (χ1v) is 10.6. The highest BCUT2D eigenvalue weighted by molar-refractivity contribution is 5.88. The molecule has 5 N–H and O–H groups in total. The van der Waals surface area contributed by atoms with Crippen LogP contribution in [0.1, 0.15) is 40.0 Å². The van der Waals surface area contributed by atoms with E-state index in [-0.39, 0.29) is 0 Å². The number of hydrogen-bond acceptors (Lipinski definition) is 8. The summed E-state index contributed by atoms with van der Waals surface area (Å²) in [6, 6.07) is 7.28. The van der Waals surface area contributed by atoms with Crippen LogP contribution in [0.25, 0.3) is 0 Å². The van der Waals surface area contributed by atoms with Crippen molar-refractivity contribution in [1.29, 1.82) is 0 Å². The Morgan fingerprint density at radius 2 is 1.38 bits per heavy atom. The van der Waals surface area contributed by atoms with Gasteiger partial charge in [-0.25, -0.2) is 4.79 Å². The fraction of sp³-hybridized carbons (Fsp3) is 0.545. The highest BCUT2D eigenvalue weighted by atomic mass is 16.7. The van der Waals surface area contributed by atoms with E-state index in [0.29, 0.717) is 24.5 Å². The quantitative estimate of drug-likeness (QED) is 0.286. The molecular weight excluding hydrogens is 454 g/mol. The molecule has 1 aliphatic heterocycles. The molecule has 190 valence electrons. The molecule has 1 aliphatic rings. The van der Waals surface area contributed by atoms with Gasteiger partial charge in [0.2, 0.25) is 0 Å². The van der Waals surface area contributed by atoms with Gasteiger partial charge in [-0.05, 0) is 38.2 Å². The van der Waals surface area contributed by atoms with E-state index in [9.17, 15) is 24.3 Å². The lowest BCUT2D eigenvalue weighted by atomic mass is 9.96. The van der Waals surface area contributed by atoms with Crippen LogP contribution in [0.4, 0.5) is 0 Å². The molecule has 12 heteroatoms. The number of benzene rings is 1. The van der Waals surface area contributed by atoms with E-state index in [1.54, 1.807) is 19.1 Å². The van der Waals surface area contributed by atoms with Crippen molar-refractivity contribution in [2.45, 2.75) is 51.4 Å². The van der Waals surface area contributed by atoms with Crippen molar-refractivity contribution in [3.8, 4) is 11.5 Å². The van der Waals surface area contributed by atoms with E-state index in [1.165, 1.54) is 0 Å². The van der Waals surface area contributed by atoms with Gasteiger partial charge in [0.15, 0.2) is 17.1 Å². The number of ether oxygens (including phenoxy) is 2. The molecule has 2 rings (SSSR count). The summed E-state index contributed by atoms with van der Waals surface area (Å²) in [5.41, 5.74) is -2.74. The summed E-state index contributed by atoms with van der Waals surface area (Å²) in [6.45, 7) is 8.36. The van der Waals surface area contributed by atoms with Gasteiger partial charge in [-0.15, -0.1) is 0 Å². The van der Waals surface area contributed by atoms with E-state index >= 15 is 0 Å². The standard InChI is InChI=1S/C16H23NO4.C6H8O7/c1-4-17(5-2)11-10-12(15(18)19)16(3)20-13-8-6-7-9-14(13)21-16;7-3(8)1-6(13,5(11)12)2-4(9)10/h6-9,12H,4-5,10-11H2,1-3H3,(H,18,19);13H,1-2H2,(H,7,8)(H,9,10)(H,11,12). The summed E-state index contributed by atoms with van der Waals surface area (Å²) in [7, 11) is 0. The van der Waals surface area contributed by atoms with Gasteiger partial charge in [0.05, 0.1) is 12.8 Å². The summed E-state index contributed by atoms with van der Waals surface area (Å²) in [4.78, 5) is 44.3. The van der Waals surface area contributed by atoms with Crippen molar-refractivity contribution in [1.82, 2.24) is 4.90 Å². The van der Waals surface area contributed by atoms with Crippen molar-refractivity contribution >= 4 is 23.9 Å². The molecule has 0 saturated heterocycles. The summed E-state index contributed by atoms with van der Waals surface area (Å²) < 4.78 is 11.6. The third-order valence-electron chi connectivity index (χ3n) is 5.32. The molecule has 0 aromatic heterocycles. The zero-order chi connectivity index (χ0) is 26.1. The topological polar surface area (TPSA) is 191 Å². The molecule has 0 fully saturated rings. The van der Waals surface area contributed by atoms with Crippen LogP contribution >= 0.6 is 0 Å². The van der Waals surface area contributed by atoms with Crippen LogP contribution in [0.2, 0.25) is 0 Å². The fourth-order valence-electron chi connectivity index (χ4n) is 3.39. The van der Waals surface area contributed by atoms with Crippen molar-refractivity contribution in [3.63, 3.8) is 0 Å². The SMILES string of the molecule is CCN(CC)CCC(C(=O)O)C1(C)Oc2ccccc2O1.O=C(O)CC(O)(CC(=O)O)C(=O)O. The molecule has 0 amide bonds. The van der Waals surface area contributed by atoms with Crippen LogP contribution in [0.5, 0.6) is 11.5 Å². The molecule has 1 aromatic rings. The molecule has 1 atom stereocenters. The number of aliphatic hydroxyl groups is 1. The molecule has 12 nitrogen and oxygen atoms in total. The maximum absolute atomic E-state index is 11.7. The average molecular weight is 485 g/mol. The molecule has 1 heterocycles. The predicted octanol–water partition coefficient (Wildman–Crippen LogP) is 1.36. The van der Waals surface area contributed by atoms with Gasteiger partial charge in [-0.2, -0.15) is 0 Å². The summed E-state index contributed by atoms with van der Waals surface area (Å²) in [5.74, 6) is -6.57. The van der Waals surface area contributed by atoms with E-state index in [2.05, 4.69) is 18.7 Å². The Hall–Kier alpha value is -3.38. The number of nitrogens with zero attached hydrogens (tertiary/aromatic N) is 1. The largest absolute Gasteiger partial charge is 0.481 e. The molecule has 0 aliphatic carbocycles. The third-order valence-corrected chi connectivity index (χ3v) is 5.32. The Kier molecular flexibility index (Phi) is 10.3. The number of aliphatic carboxylic acids is 4. The first kappa shape index (κ1) is 28.7. The van der Waals surface area contributed by atoms with Gasteiger partial charge in [-0.3, -0.25) is 14.4 Å². The molecule has 0 bridgehead atoms. The minimum atomic E-state index is -2.74. The maximum Gasteiger partial charge on any atom is 0.336 e. The zero-order valence-corrected chi connectivity index (χ0v) is 19.3. The molecule has 1 unspecified atom stereocenters. The summed E-state index contributed by atoms with van der Waals surface area (Å²) >= 11 is 0. The summed E-state index contributed by atoms with van der Waals surface area (Å²) in [6.07, 6.45) is -1.80. The van der Waals surface area contributed by atoms with E-state index in [0.717, 1.165) is 13.1 Å². The average Bonchev–Trinajstić information content (AvgIpc) is 3.06. The number of hydrogen-bond donors (Lipinski definition) is 5. The molecule has 0 radical (unpaired) electrons. The van der Waals surface area contributed by atoms with Crippen molar-refractivity contribution in [2.24, 2.45) is 5.92 Å². The van der Waals surface area contributed by atoms with Gasteiger partial charge in [0.25, 0.3) is 5.79 Å². The third kappa shape index (κ3) is 7.89. The Labute approximate surface area is 196 Å². The smallest absolute Gasteiger partial charge is 0.336 e. The second-order valence-corrected chi connectivity index (χ2v) is 7.85. The van der Waals surface area contributed by atoms with Crippen LogP contribution in [0.3, 0.4) is 0 Å². The van der Waals surface area contributed by atoms with Gasteiger partial charge in [0.1, 0.15) is 5.92 Å².